The summed E-state index contributed by atoms with van der Waals surface area (Å²) >= 11 is 24.0. The molecule has 0 bridgehead atoms. The maximum absolute atomic E-state index is 6.14. The van der Waals surface area contributed by atoms with Gasteiger partial charge in [0.15, 0.2) is 5.11 Å². The van der Waals surface area contributed by atoms with Crippen LogP contribution in [0.15, 0.2) is 42.5 Å². The molecule has 3 rings (SSSR count). The van der Waals surface area contributed by atoms with Gasteiger partial charge in [0.1, 0.15) is 0 Å². The van der Waals surface area contributed by atoms with Crippen molar-refractivity contribution in [3.8, 4) is 0 Å². The van der Waals surface area contributed by atoms with Crippen LogP contribution in [0.4, 0.5) is 5.69 Å². The van der Waals surface area contributed by atoms with E-state index >= 15 is 0 Å². The number of rotatable bonds is 3. The van der Waals surface area contributed by atoms with E-state index in [0.717, 1.165) is 31.5 Å². The minimum Gasteiger partial charge on any atom is -0.346 e. The second-order valence-electron chi connectivity index (χ2n) is 6.57. The molecule has 1 saturated heterocycles. The van der Waals surface area contributed by atoms with Gasteiger partial charge in [0, 0.05) is 18.3 Å². The van der Waals surface area contributed by atoms with E-state index in [2.05, 4.69) is 40.5 Å². The van der Waals surface area contributed by atoms with Gasteiger partial charge < -0.3 is 10.2 Å². The molecule has 6 heteroatoms. The lowest BCUT2D eigenvalue weighted by Gasteiger charge is -2.33. The molecule has 0 saturated carbocycles. The van der Waals surface area contributed by atoms with E-state index in [1.807, 2.05) is 0 Å². The smallest absolute Gasteiger partial charge is 0.173 e. The summed E-state index contributed by atoms with van der Waals surface area (Å²) in [5.74, 6) is 0. The minimum absolute atomic E-state index is 0.363. The number of hydrogen-bond donors (Lipinski definition) is 1. The molecule has 1 heterocycles. The molecule has 2 aromatic rings. The summed E-state index contributed by atoms with van der Waals surface area (Å²) in [5.41, 5.74) is 2.10. The molecular formula is C20H21Cl3N2S. The second-order valence-corrected chi connectivity index (χ2v) is 8.15. The summed E-state index contributed by atoms with van der Waals surface area (Å²) in [6.07, 6.45) is 5.75. The fourth-order valence-electron chi connectivity index (χ4n) is 3.37. The number of benzene rings is 2. The molecule has 1 fully saturated rings. The van der Waals surface area contributed by atoms with Gasteiger partial charge in [-0.25, -0.2) is 0 Å². The van der Waals surface area contributed by atoms with Crippen molar-refractivity contribution < 1.29 is 0 Å². The van der Waals surface area contributed by atoms with Gasteiger partial charge >= 0.3 is 0 Å². The predicted molar refractivity (Wildman–Crippen MR) is 117 cm³/mol. The normalized spacial score (nSPS) is 17.7. The van der Waals surface area contributed by atoms with Crippen molar-refractivity contribution >= 4 is 57.8 Å². The first-order valence-electron chi connectivity index (χ1n) is 8.80. The Hall–Kier alpha value is -1.00. The highest BCUT2D eigenvalue weighted by molar-refractivity contribution is 7.80. The summed E-state index contributed by atoms with van der Waals surface area (Å²) in [6, 6.07) is 14.5. The van der Waals surface area contributed by atoms with Crippen molar-refractivity contribution in [3.63, 3.8) is 0 Å². The molecule has 0 spiro atoms. The topological polar surface area (TPSA) is 15.3 Å². The monoisotopic (exact) mass is 426 g/mol. The van der Waals surface area contributed by atoms with E-state index < -0.39 is 0 Å². The summed E-state index contributed by atoms with van der Waals surface area (Å²) < 4.78 is 0. The third-order valence-electron chi connectivity index (χ3n) is 4.69. The van der Waals surface area contributed by atoms with E-state index in [0.29, 0.717) is 26.2 Å². The van der Waals surface area contributed by atoms with Crippen LogP contribution in [-0.2, 0) is 6.42 Å². The van der Waals surface area contributed by atoms with E-state index in [1.54, 1.807) is 12.1 Å². The Morgan fingerprint density at radius 2 is 1.73 bits per heavy atom. The van der Waals surface area contributed by atoms with Crippen molar-refractivity contribution in [3.05, 3.63) is 63.1 Å². The number of halogens is 3. The highest BCUT2D eigenvalue weighted by Crippen LogP contribution is 2.33. The lowest BCUT2D eigenvalue weighted by molar-refractivity contribution is 0.317. The maximum Gasteiger partial charge on any atom is 0.173 e. The van der Waals surface area contributed by atoms with Gasteiger partial charge in [0.05, 0.1) is 15.1 Å². The van der Waals surface area contributed by atoms with Crippen LogP contribution in [0.1, 0.15) is 31.2 Å². The first-order chi connectivity index (χ1) is 12.5. The number of nitrogens with one attached hydrogen (secondary N) is 1. The maximum atomic E-state index is 6.14. The molecule has 0 radical (unpaired) electrons. The Labute approximate surface area is 175 Å². The highest BCUT2D eigenvalue weighted by Gasteiger charge is 2.23. The predicted octanol–water partition coefficient (Wildman–Crippen LogP) is 6.83. The van der Waals surface area contributed by atoms with Gasteiger partial charge in [0.2, 0.25) is 0 Å². The summed E-state index contributed by atoms with van der Waals surface area (Å²) in [4.78, 5) is 2.31. The molecule has 26 heavy (non-hydrogen) atoms. The Bertz CT molecular complexity index is 744. The molecule has 1 aliphatic rings. The molecule has 0 aromatic heterocycles. The van der Waals surface area contributed by atoms with Crippen molar-refractivity contribution in [2.45, 2.75) is 38.1 Å². The molecule has 0 amide bonds. The Balaban J connectivity index is 1.76. The molecule has 138 valence electrons. The number of anilines is 1. The first-order valence-corrected chi connectivity index (χ1v) is 10.3. The van der Waals surface area contributed by atoms with Crippen molar-refractivity contribution in [2.75, 3.05) is 11.9 Å². The first kappa shape index (κ1) is 19.8. The molecular weight excluding hydrogens is 407 g/mol. The zero-order chi connectivity index (χ0) is 18.5. The molecule has 1 atom stereocenters. The van der Waals surface area contributed by atoms with Crippen molar-refractivity contribution in [1.82, 2.24) is 4.90 Å². The van der Waals surface area contributed by atoms with Crippen LogP contribution in [0.3, 0.4) is 0 Å². The van der Waals surface area contributed by atoms with Gasteiger partial charge in [-0.15, -0.1) is 0 Å². The zero-order valence-electron chi connectivity index (χ0n) is 14.4. The lowest BCUT2D eigenvalue weighted by atomic mass is 10.0. The van der Waals surface area contributed by atoms with E-state index in [-0.39, 0.29) is 0 Å². The fourth-order valence-corrected chi connectivity index (χ4v) is 4.32. The Kier molecular flexibility index (Phi) is 7.05. The van der Waals surface area contributed by atoms with Crippen LogP contribution in [0.25, 0.3) is 0 Å². The largest absolute Gasteiger partial charge is 0.346 e. The van der Waals surface area contributed by atoms with Gasteiger partial charge in [-0.2, -0.15) is 0 Å². The molecule has 0 aliphatic carbocycles. The van der Waals surface area contributed by atoms with Crippen LogP contribution in [-0.4, -0.2) is 22.6 Å². The quantitative estimate of drug-likeness (QED) is 0.427. The number of nitrogens with zero attached hydrogens (tertiary/aromatic N) is 1. The van der Waals surface area contributed by atoms with Gasteiger partial charge in [-0.1, -0.05) is 78.0 Å². The van der Waals surface area contributed by atoms with Crippen LogP contribution in [0, 0.1) is 0 Å². The SMILES string of the molecule is S=C(Nc1cc(Cl)c(Cl)c(Cl)c1)N1CCCCCC1Cc1ccccc1. The fraction of sp³-hybridized carbons (Fsp3) is 0.350. The third kappa shape index (κ3) is 5.04. The Morgan fingerprint density at radius 1 is 1.04 bits per heavy atom. The lowest BCUT2D eigenvalue weighted by Crippen LogP contribution is -2.43. The molecule has 2 nitrogen and oxygen atoms in total. The van der Waals surface area contributed by atoms with Crippen LogP contribution in [0.5, 0.6) is 0 Å². The molecule has 1 aliphatic heterocycles. The van der Waals surface area contributed by atoms with Crippen LogP contribution in [0.2, 0.25) is 15.1 Å². The molecule has 1 unspecified atom stereocenters. The van der Waals surface area contributed by atoms with E-state index in [4.69, 9.17) is 47.0 Å². The minimum atomic E-state index is 0.363. The van der Waals surface area contributed by atoms with Crippen molar-refractivity contribution in [2.24, 2.45) is 0 Å². The van der Waals surface area contributed by atoms with Gasteiger partial charge in [0.25, 0.3) is 0 Å². The highest BCUT2D eigenvalue weighted by atomic mass is 35.5. The Morgan fingerprint density at radius 3 is 2.42 bits per heavy atom. The third-order valence-corrected chi connectivity index (χ3v) is 6.22. The number of likely N-dealkylation sites (tertiary alicyclic amines) is 1. The average molecular weight is 428 g/mol. The van der Waals surface area contributed by atoms with E-state index in [9.17, 15) is 0 Å². The van der Waals surface area contributed by atoms with E-state index in [1.165, 1.54) is 18.4 Å². The van der Waals surface area contributed by atoms with Gasteiger partial charge in [-0.05, 0) is 49.2 Å². The van der Waals surface area contributed by atoms with Crippen LogP contribution < -0.4 is 5.32 Å². The second kappa shape index (κ2) is 9.27. The zero-order valence-corrected chi connectivity index (χ0v) is 17.4. The molecule has 2 aromatic carbocycles. The average Bonchev–Trinajstić information content (AvgIpc) is 2.86. The summed E-state index contributed by atoms with van der Waals surface area (Å²) in [6.45, 7) is 0.957. The van der Waals surface area contributed by atoms with Gasteiger partial charge in [-0.3, -0.25) is 0 Å². The van der Waals surface area contributed by atoms with Crippen molar-refractivity contribution in [1.29, 1.82) is 0 Å². The number of hydrogen-bond acceptors (Lipinski definition) is 1. The van der Waals surface area contributed by atoms with Crippen LogP contribution >= 0.6 is 47.0 Å². The number of thiocarbonyl (C=S) groups is 1. The standard InChI is InChI=1S/C20H21Cl3N2S/c21-17-12-15(13-18(22)19(17)23)24-20(26)25-10-6-2-5-9-16(25)11-14-7-3-1-4-8-14/h1,3-4,7-8,12-13,16H,2,5-6,9-11H2,(H,24,26). The summed E-state index contributed by atoms with van der Waals surface area (Å²) in [7, 11) is 0. The summed E-state index contributed by atoms with van der Waals surface area (Å²) in [5, 5.41) is 5.20. The molecule has 1 N–H and O–H groups in total.